The number of benzene rings is 1. The van der Waals surface area contributed by atoms with Crippen LogP contribution < -0.4 is 5.32 Å². The molecule has 0 unspecified atom stereocenters. The van der Waals surface area contributed by atoms with Crippen LogP contribution >= 0.6 is 12.6 Å². The van der Waals surface area contributed by atoms with Crippen LogP contribution in [-0.4, -0.2) is 13.6 Å². The zero-order valence-electron chi connectivity index (χ0n) is 10.4. The minimum atomic E-state index is 1.000. The Kier molecular flexibility index (Phi) is 6.58. The van der Waals surface area contributed by atoms with E-state index >= 15 is 0 Å². The highest BCUT2D eigenvalue weighted by molar-refractivity contribution is 7.80. The molecular formula is C14H23NS. The van der Waals surface area contributed by atoms with E-state index in [1.165, 1.54) is 37.8 Å². The molecule has 1 aliphatic carbocycles. The molecule has 0 radical (unpaired) electrons. The summed E-state index contributed by atoms with van der Waals surface area (Å²) in [5.41, 5.74) is 1.28. The van der Waals surface area contributed by atoms with Crippen LogP contribution in [-0.2, 0) is 0 Å². The quantitative estimate of drug-likeness (QED) is 0.748. The molecular weight excluding hydrogens is 214 g/mol. The number of hydrogen-bond donors (Lipinski definition) is 2. The zero-order valence-corrected chi connectivity index (χ0v) is 11.3. The Hall–Kier alpha value is -0.470. The van der Waals surface area contributed by atoms with Crippen LogP contribution in [0.5, 0.6) is 0 Å². The standard InChI is InChI=1S/C7H15N.C7H8S/c1-8-6-7-4-2-3-5-7;1-6-2-4-7(8)5-3-6/h7-8H,2-6H2,1H3;2-5,8H,1H3. The monoisotopic (exact) mass is 237 g/mol. The Labute approximate surface area is 105 Å². The van der Waals surface area contributed by atoms with Crippen LogP contribution in [0, 0.1) is 12.8 Å². The van der Waals surface area contributed by atoms with Gasteiger partial charge in [-0.05, 0) is 51.4 Å². The first kappa shape index (κ1) is 13.6. The van der Waals surface area contributed by atoms with Crippen LogP contribution in [0.2, 0.25) is 0 Å². The Bertz CT molecular complexity index is 254. The highest BCUT2D eigenvalue weighted by Crippen LogP contribution is 2.23. The Balaban J connectivity index is 0.000000160. The SMILES string of the molecule is CNCC1CCCC1.Cc1ccc(S)cc1. The molecule has 0 aromatic heterocycles. The third-order valence-corrected chi connectivity index (χ3v) is 3.30. The average Bonchev–Trinajstić information content (AvgIpc) is 2.77. The second kappa shape index (κ2) is 7.75. The predicted molar refractivity (Wildman–Crippen MR) is 74.3 cm³/mol. The molecule has 1 fully saturated rings. The third-order valence-electron chi connectivity index (χ3n) is 3.00. The van der Waals surface area contributed by atoms with Gasteiger partial charge in [0.1, 0.15) is 0 Å². The lowest BCUT2D eigenvalue weighted by atomic mass is 10.1. The number of nitrogens with one attached hydrogen (secondary N) is 1. The Morgan fingerprint density at radius 2 is 1.75 bits per heavy atom. The lowest BCUT2D eigenvalue weighted by molar-refractivity contribution is 0.516. The second-order valence-electron chi connectivity index (χ2n) is 4.54. The molecule has 16 heavy (non-hydrogen) atoms. The van der Waals surface area contributed by atoms with Crippen molar-refractivity contribution in [1.82, 2.24) is 5.32 Å². The smallest absolute Gasteiger partial charge is 0.00401 e. The van der Waals surface area contributed by atoms with Crippen molar-refractivity contribution in [3.8, 4) is 0 Å². The molecule has 0 atom stereocenters. The van der Waals surface area contributed by atoms with Crippen molar-refractivity contribution >= 4 is 12.6 Å². The summed E-state index contributed by atoms with van der Waals surface area (Å²) >= 11 is 4.13. The summed E-state index contributed by atoms with van der Waals surface area (Å²) in [7, 11) is 2.04. The van der Waals surface area contributed by atoms with Crippen LogP contribution in [0.4, 0.5) is 0 Å². The van der Waals surface area contributed by atoms with Gasteiger partial charge in [-0.25, -0.2) is 0 Å². The van der Waals surface area contributed by atoms with Gasteiger partial charge in [0.25, 0.3) is 0 Å². The van der Waals surface area contributed by atoms with Crippen molar-refractivity contribution in [3.05, 3.63) is 29.8 Å². The lowest BCUT2D eigenvalue weighted by Crippen LogP contribution is -2.15. The van der Waals surface area contributed by atoms with Gasteiger partial charge in [-0.3, -0.25) is 0 Å². The maximum Gasteiger partial charge on any atom is 0.00401 e. The summed E-state index contributed by atoms with van der Waals surface area (Å²) < 4.78 is 0. The van der Waals surface area contributed by atoms with Crippen LogP contribution in [0.3, 0.4) is 0 Å². The summed E-state index contributed by atoms with van der Waals surface area (Å²) in [6.45, 7) is 3.30. The molecule has 1 N–H and O–H groups in total. The molecule has 1 aromatic rings. The molecule has 0 heterocycles. The van der Waals surface area contributed by atoms with E-state index in [2.05, 4.69) is 24.9 Å². The van der Waals surface area contributed by atoms with Gasteiger partial charge in [0.2, 0.25) is 0 Å². The van der Waals surface area contributed by atoms with E-state index in [0.29, 0.717) is 0 Å². The van der Waals surface area contributed by atoms with Gasteiger partial charge < -0.3 is 5.32 Å². The summed E-state index contributed by atoms with van der Waals surface area (Å²) in [6.07, 6.45) is 5.85. The molecule has 0 spiro atoms. The van der Waals surface area contributed by atoms with Gasteiger partial charge in [-0.1, -0.05) is 30.5 Å². The number of aryl methyl sites for hydroxylation is 1. The van der Waals surface area contributed by atoms with Crippen molar-refractivity contribution in [2.45, 2.75) is 37.5 Å². The van der Waals surface area contributed by atoms with E-state index in [-0.39, 0.29) is 0 Å². The molecule has 2 rings (SSSR count). The molecule has 1 saturated carbocycles. The molecule has 90 valence electrons. The third kappa shape index (κ3) is 5.57. The lowest BCUT2D eigenvalue weighted by Gasteiger charge is -2.04. The Morgan fingerprint density at radius 1 is 1.19 bits per heavy atom. The number of hydrogen-bond acceptors (Lipinski definition) is 2. The fraction of sp³-hybridized carbons (Fsp3) is 0.571. The van der Waals surface area contributed by atoms with Crippen LogP contribution in [0.15, 0.2) is 29.2 Å². The fourth-order valence-corrected chi connectivity index (χ4v) is 2.20. The molecule has 1 nitrogen and oxygen atoms in total. The maximum absolute atomic E-state index is 4.13. The largest absolute Gasteiger partial charge is 0.319 e. The van der Waals surface area contributed by atoms with Crippen molar-refractivity contribution in [2.24, 2.45) is 5.92 Å². The first-order valence-electron chi connectivity index (χ1n) is 6.12. The van der Waals surface area contributed by atoms with E-state index in [1.54, 1.807) is 0 Å². The molecule has 0 aliphatic heterocycles. The highest BCUT2D eigenvalue weighted by atomic mass is 32.1. The second-order valence-corrected chi connectivity index (χ2v) is 5.06. The molecule has 0 amide bonds. The Morgan fingerprint density at radius 3 is 2.19 bits per heavy atom. The van der Waals surface area contributed by atoms with Crippen molar-refractivity contribution in [1.29, 1.82) is 0 Å². The van der Waals surface area contributed by atoms with Crippen LogP contribution in [0.1, 0.15) is 31.2 Å². The minimum Gasteiger partial charge on any atom is -0.319 e. The average molecular weight is 237 g/mol. The van der Waals surface area contributed by atoms with E-state index in [0.717, 1.165) is 10.8 Å². The molecule has 1 aliphatic rings. The van der Waals surface area contributed by atoms with E-state index in [4.69, 9.17) is 0 Å². The molecule has 0 bridgehead atoms. The predicted octanol–water partition coefficient (Wildman–Crippen LogP) is 3.68. The topological polar surface area (TPSA) is 12.0 Å². The number of thiol groups is 1. The van der Waals surface area contributed by atoms with Gasteiger partial charge in [-0.2, -0.15) is 0 Å². The van der Waals surface area contributed by atoms with Crippen molar-refractivity contribution in [2.75, 3.05) is 13.6 Å². The van der Waals surface area contributed by atoms with Gasteiger partial charge in [0, 0.05) is 4.90 Å². The van der Waals surface area contributed by atoms with Crippen molar-refractivity contribution < 1.29 is 0 Å². The highest BCUT2D eigenvalue weighted by Gasteiger charge is 2.12. The summed E-state index contributed by atoms with van der Waals surface area (Å²) in [5, 5.41) is 3.21. The first-order valence-corrected chi connectivity index (χ1v) is 6.57. The van der Waals surface area contributed by atoms with Gasteiger partial charge in [0.15, 0.2) is 0 Å². The molecule has 0 saturated heterocycles. The summed E-state index contributed by atoms with van der Waals surface area (Å²) in [6, 6.07) is 8.06. The van der Waals surface area contributed by atoms with Gasteiger partial charge in [0.05, 0.1) is 0 Å². The fourth-order valence-electron chi connectivity index (χ4n) is 2.05. The summed E-state index contributed by atoms with van der Waals surface area (Å²) in [5.74, 6) is 1.000. The van der Waals surface area contributed by atoms with Gasteiger partial charge >= 0.3 is 0 Å². The maximum atomic E-state index is 4.13. The molecule has 1 aromatic carbocycles. The number of rotatable bonds is 2. The zero-order chi connectivity index (χ0) is 11.8. The molecule has 2 heteroatoms. The first-order chi connectivity index (χ1) is 7.72. The normalized spacial score (nSPS) is 15.7. The van der Waals surface area contributed by atoms with Crippen molar-refractivity contribution in [3.63, 3.8) is 0 Å². The van der Waals surface area contributed by atoms with E-state index < -0.39 is 0 Å². The van der Waals surface area contributed by atoms with E-state index in [1.807, 2.05) is 31.3 Å². The van der Waals surface area contributed by atoms with E-state index in [9.17, 15) is 0 Å². The van der Waals surface area contributed by atoms with Crippen LogP contribution in [0.25, 0.3) is 0 Å². The minimum absolute atomic E-state index is 1.000. The van der Waals surface area contributed by atoms with Gasteiger partial charge in [-0.15, -0.1) is 12.6 Å². The summed E-state index contributed by atoms with van der Waals surface area (Å²) in [4.78, 5) is 1.02.